The number of nitrogens with zero attached hydrogens (tertiary/aromatic N) is 1. The molecule has 0 unspecified atom stereocenters. The molecule has 0 radical (unpaired) electrons. The Morgan fingerprint density at radius 2 is 1.83 bits per heavy atom. The monoisotopic (exact) mass is 350 g/mol. The van der Waals surface area contributed by atoms with Gasteiger partial charge in [0.15, 0.2) is 0 Å². The molecule has 0 aromatic carbocycles. The van der Waals surface area contributed by atoms with Gasteiger partial charge in [0.05, 0.1) is 5.01 Å². The molecule has 5 nitrogen and oxygen atoms in total. The fourth-order valence-corrected chi connectivity index (χ4v) is 5.30. The average Bonchev–Trinajstić information content (AvgIpc) is 2.94. The SMILES string of the molecule is CC1(C)CC(NC(=O)c2csc(C3CCNCC3)n2)CC(C)(C)N1. The number of thiazole rings is 1. The van der Waals surface area contributed by atoms with Crippen molar-refractivity contribution in [2.45, 2.75) is 76.4 Å². The molecule has 3 N–H and O–H groups in total. The van der Waals surface area contributed by atoms with Gasteiger partial charge in [0, 0.05) is 28.4 Å². The number of rotatable bonds is 3. The van der Waals surface area contributed by atoms with Gasteiger partial charge in [-0.2, -0.15) is 0 Å². The lowest BCUT2D eigenvalue weighted by Crippen LogP contribution is -2.62. The first-order valence-electron chi connectivity index (χ1n) is 9.00. The lowest BCUT2D eigenvalue weighted by Gasteiger charge is -2.46. The Hall–Kier alpha value is -0.980. The van der Waals surface area contributed by atoms with E-state index in [9.17, 15) is 4.79 Å². The van der Waals surface area contributed by atoms with Gasteiger partial charge in [0.25, 0.3) is 5.91 Å². The van der Waals surface area contributed by atoms with Gasteiger partial charge in [-0.3, -0.25) is 4.79 Å². The Labute approximate surface area is 149 Å². The van der Waals surface area contributed by atoms with Crippen LogP contribution in [0.3, 0.4) is 0 Å². The molecule has 0 spiro atoms. The number of amides is 1. The summed E-state index contributed by atoms with van der Waals surface area (Å²) in [6.07, 6.45) is 4.11. The number of hydrogen-bond donors (Lipinski definition) is 3. The van der Waals surface area contributed by atoms with Gasteiger partial charge >= 0.3 is 0 Å². The fourth-order valence-electron chi connectivity index (χ4n) is 4.33. The zero-order valence-electron chi connectivity index (χ0n) is 15.2. The predicted octanol–water partition coefficient (Wildman–Crippen LogP) is 2.65. The summed E-state index contributed by atoms with van der Waals surface area (Å²) in [5, 5.41) is 13.3. The van der Waals surface area contributed by atoms with Crippen molar-refractivity contribution in [1.29, 1.82) is 0 Å². The highest BCUT2D eigenvalue weighted by Crippen LogP contribution is 2.30. The van der Waals surface area contributed by atoms with Crippen molar-refractivity contribution >= 4 is 17.2 Å². The van der Waals surface area contributed by atoms with Crippen LogP contribution in [0.5, 0.6) is 0 Å². The zero-order valence-corrected chi connectivity index (χ0v) is 16.1. The Morgan fingerprint density at radius 3 is 2.46 bits per heavy atom. The highest BCUT2D eigenvalue weighted by Gasteiger charge is 2.38. The molecule has 0 bridgehead atoms. The molecule has 0 saturated carbocycles. The van der Waals surface area contributed by atoms with Crippen LogP contribution in [0, 0.1) is 0 Å². The van der Waals surface area contributed by atoms with Gasteiger partial charge in [-0.15, -0.1) is 11.3 Å². The number of carbonyl (C=O) groups is 1. The predicted molar refractivity (Wildman–Crippen MR) is 98.7 cm³/mol. The third-order valence-corrected chi connectivity index (χ3v) is 5.98. The van der Waals surface area contributed by atoms with Crippen LogP contribution < -0.4 is 16.0 Å². The summed E-state index contributed by atoms with van der Waals surface area (Å²) >= 11 is 1.63. The van der Waals surface area contributed by atoms with E-state index in [4.69, 9.17) is 0 Å². The van der Waals surface area contributed by atoms with Gasteiger partial charge in [-0.25, -0.2) is 4.98 Å². The van der Waals surface area contributed by atoms with E-state index < -0.39 is 0 Å². The molecule has 3 heterocycles. The number of hydrogen-bond acceptors (Lipinski definition) is 5. The second kappa shape index (κ2) is 6.73. The highest BCUT2D eigenvalue weighted by atomic mass is 32.1. The lowest BCUT2D eigenvalue weighted by atomic mass is 9.79. The van der Waals surface area contributed by atoms with Gasteiger partial charge in [0.1, 0.15) is 5.69 Å². The molecule has 134 valence electrons. The normalized spacial score (nSPS) is 24.7. The summed E-state index contributed by atoms with van der Waals surface area (Å²) in [6, 6.07) is 0.188. The second-order valence-electron chi connectivity index (χ2n) is 8.57. The van der Waals surface area contributed by atoms with Crippen LogP contribution in [-0.2, 0) is 0 Å². The number of carbonyl (C=O) groups excluding carboxylic acids is 1. The molecule has 3 rings (SSSR count). The van der Waals surface area contributed by atoms with E-state index in [1.165, 1.54) is 0 Å². The largest absolute Gasteiger partial charge is 0.348 e. The first-order chi connectivity index (χ1) is 11.2. The molecule has 0 atom stereocenters. The summed E-state index contributed by atoms with van der Waals surface area (Å²) in [7, 11) is 0. The summed E-state index contributed by atoms with van der Waals surface area (Å²) in [5.41, 5.74) is 0.645. The minimum Gasteiger partial charge on any atom is -0.348 e. The average molecular weight is 351 g/mol. The van der Waals surface area contributed by atoms with Gasteiger partial charge < -0.3 is 16.0 Å². The Bertz CT molecular complexity index is 574. The third-order valence-electron chi connectivity index (χ3n) is 4.97. The maximum atomic E-state index is 12.6. The Balaban J connectivity index is 1.63. The van der Waals surface area contributed by atoms with Crippen LogP contribution in [0.15, 0.2) is 5.38 Å². The van der Waals surface area contributed by atoms with Gasteiger partial charge in [-0.05, 0) is 66.5 Å². The molecular weight excluding hydrogens is 320 g/mol. The van der Waals surface area contributed by atoms with Gasteiger partial charge in [-0.1, -0.05) is 0 Å². The molecule has 2 fully saturated rings. The summed E-state index contributed by atoms with van der Waals surface area (Å²) in [6.45, 7) is 10.9. The standard InChI is InChI=1S/C18H30N4OS/c1-17(2)9-13(10-18(3,4)22-17)20-15(23)14-11-24-16(21-14)12-5-7-19-8-6-12/h11-13,19,22H,5-10H2,1-4H3,(H,20,23). The smallest absolute Gasteiger partial charge is 0.270 e. The lowest BCUT2D eigenvalue weighted by molar-refractivity contribution is 0.0868. The van der Waals surface area contributed by atoms with Crippen LogP contribution in [0.1, 0.15) is 74.8 Å². The maximum Gasteiger partial charge on any atom is 0.270 e. The van der Waals surface area contributed by atoms with Crippen LogP contribution in [0.25, 0.3) is 0 Å². The summed E-state index contributed by atoms with van der Waals surface area (Å²) in [5.74, 6) is 0.486. The molecule has 6 heteroatoms. The van der Waals surface area contributed by atoms with E-state index in [1.807, 2.05) is 5.38 Å². The first-order valence-corrected chi connectivity index (χ1v) is 9.88. The first kappa shape index (κ1) is 17.8. The van der Waals surface area contributed by atoms with Crippen molar-refractivity contribution in [2.75, 3.05) is 13.1 Å². The van der Waals surface area contributed by atoms with E-state index in [1.54, 1.807) is 11.3 Å². The van der Waals surface area contributed by atoms with Crippen molar-refractivity contribution in [3.8, 4) is 0 Å². The minimum absolute atomic E-state index is 0.0232. The molecule has 1 aromatic rings. The number of piperidine rings is 2. The van der Waals surface area contributed by atoms with Crippen molar-refractivity contribution < 1.29 is 4.79 Å². The second-order valence-corrected chi connectivity index (χ2v) is 9.46. The van der Waals surface area contributed by atoms with Crippen molar-refractivity contribution in [1.82, 2.24) is 20.9 Å². The van der Waals surface area contributed by atoms with Crippen molar-refractivity contribution in [3.05, 3.63) is 16.1 Å². The van der Waals surface area contributed by atoms with E-state index in [-0.39, 0.29) is 23.0 Å². The Kier molecular flexibility index (Phi) is 5.00. The fraction of sp³-hybridized carbons (Fsp3) is 0.778. The molecule has 1 amide bonds. The van der Waals surface area contributed by atoms with Crippen molar-refractivity contribution in [3.63, 3.8) is 0 Å². The van der Waals surface area contributed by atoms with Crippen molar-refractivity contribution in [2.24, 2.45) is 0 Å². The van der Waals surface area contributed by atoms with Crippen LogP contribution in [0.2, 0.25) is 0 Å². The quantitative estimate of drug-likeness (QED) is 0.784. The molecular formula is C18H30N4OS. The minimum atomic E-state index is -0.0232. The van der Waals surface area contributed by atoms with E-state index in [0.717, 1.165) is 43.8 Å². The van der Waals surface area contributed by atoms with E-state index >= 15 is 0 Å². The number of aromatic nitrogens is 1. The highest BCUT2D eigenvalue weighted by molar-refractivity contribution is 7.09. The summed E-state index contributed by atoms with van der Waals surface area (Å²) in [4.78, 5) is 17.3. The topological polar surface area (TPSA) is 66.0 Å². The van der Waals surface area contributed by atoms with Crippen LogP contribution in [0.4, 0.5) is 0 Å². The zero-order chi connectivity index (χ0) is 17.4. The third kappa shape index (κ3) is 4.35. The van der Waals surface area contributed by atoms with E-state index in [0.29, 0.717) is 11.6 Å². The molecule has 2 aliphatic heterocycles. The Morgan fingerprint density at radius 1 is 1.21 bits per heavy atom. The molecule has 2 saturated heterocycles. The number of nitrogens with one attached hydrogen (secondary N) is 3. The molecule has 2 aliphatic rings. The van der Waals surface area contributed by atoms with Crippen LogP contribution >= 0.6 is 11.3 Å². The summed E-state index contributed by atoms with van der Waals surface area (Å²) < 4.78 is 0. The molecule has 0 aliphatic carbocycles. The van der Waals surface area contributed by atoms with E-state index in [2.05, 4.69) is 48.6 Å². The van der Waals surface area contributed by atoms with Crippen LogP contribution in [-0.4, -0.2) is 41.1 Å². The van der Waals surface area contributed by atoms with Gasteiger partial charge in [0.2, 0.25) is 0 Å². The molecule has 24 heavy (non-hydrogen) atoms. The maximum absolute atomic E-state index is 12.6. The molecule has 1 aromatic heterocycles.